The van der Waals surface area contributed by atoms with E-state index in [1.54, 1.807) is 0 Å². The van der Waals surface area contributed by atoms with E-state index in [1.165, 1.54) is 17.7 Å². The topological polar surface area (TPSA) is 3.24 Å². The van der Waals surface area contributed by atoms with Crippen molar-refractivity contribution in [3.8, 4) is 0 Å². The summed E-state index contributed by atoms with van der Waals surface area (Å²) in [6, 6.07) is 0. The van der Waals surface area contributed by atoms with Crippen LogP contribution in [0.2, 0.25) is 0 Å². The van der Waals surface area contributed by atoms with Crippen LogP contribution in [0.1, 0.15) is 41.0 Å². The maximum Gasteiger partial charge on any atom is 0.00851 e. The van der Waals surface area contributed by atoms with Crippen molar-refractivity contribution in [1.29, 1.82) is 0 Å². The van der Waals surface area contributed by atoms with E-state index in [1.807, 2.05) is 0 Å². The Hall–Kier alpha value is -0.460. The molecule has 0 unspecified atom stereocenters. The molecule has 12 heavy (non-hydrogen) atoms. The predicted octanol–water partition coefficient (Wildman–Crippen LogP) is 3.28. The molecule has 1 nitrogen and oxygen atoms in total. The van der Waals surface area contributed by atoms with Crippen LogP contribution in [0.5, 0.6) is 0 Å². The summed E-state index contributed by atoms with van der Waals surface area (Å²) in [5, 5.41) is 0. The van der Waals surface area contributed by atoms with Crippen molar-refractivity contribution >= 4 is 0 Å². The van der Waals surface area contributed by atoms with Crippen LogP contribution in [0.3, 0.4) is 0 Å². The third-order valence-corrected chi connectivity index (χ3v) is 2.08. The molecule has 0 N–H and O–H groups in total. The molecule has 0 rings (SSSR count). The fraction of sp³-hybridized carbons (Fsp3) is 0.818. The molecule has 0 aromatic heterocycles. The van der Waals surface area contributed by atoms with Gasteiger partial charge in [-0.15, -0.1) is 0 Å². The number of hydrogen-bond acceptors (Lipinski definition) is 1. The minimum absolute atomic E-state index is 0.404. The van der Waals surface area contributed by atoms with Crippen molar-refractivity contribution in [2.45, 2.75) is 41.0 Å². The van der Waals surface area contributed by atoms with E-state index >= 15 is 0 Å². The van der Waals surface area contributed by atoms with Crippen LogP contribution in [0.15, 0.2) is 11.3 Å². The van der Waals surface area contributed by atoms with Gasteiger partial charge in [0.1, 0.15) is 0 Å². The van der Waals surface area contributed by atoms with Crippen LogP contribution in [-0.4, -0.2) is 19.0 Å². The summed E-state index contributed by atoms with van der Waals surface area (Å²) in [6.07, 6.45) is 1.18. The molecular formula is C11H23N. The molecule has 0 bridgehead atoms. The Morgan fingerprint density at radius 1 is 1.08 bits per heavy atom. The van der Waals surface area contributed by atoms with Gasteiger partial charge < -0.3 is 4.90 Å². The Bertz CT molecular complexity index is 170. The Morgan fingerprint density at radius 2 is 1.50 bits per heavy atom. The predicted molar refractivity (Wildman–Crippen MR) is 56.1 cm³/mol. The highest BCUT2D eigenvalue weighted by Crippen LogP contribution is 2.25. The van der Waals surface area contributed by atoms with E-state index in [4.69, 9.17) is 0 Å². The Kier molecular flexibility index (Phi) is 3.82. The van der Waals surface area contributed by atoms with Crippen LogP contribution in [-0.2, 0) is 0 Å². The molecule has 0 saturated carbocycles. The maximum atomic E-state index is 2.28. The first-order valence-electron chi connectivity index (χ1n) is 4.58. The second-order valence-electron chi connectivity index (χ2n) is 5.00. The van der Waals surface area contributed by atoms with Crippen LogP contribution >= 0.6 is 0 Å². The fourth-order valence-electron chi connectivity index (χ4n) is 1.31. The number of hydrogen-bond donors (Lipinski definition) is 0. The first-order valence-corrected chi connectivity index (χ1v) is 4.58. The number of allylic oxidation sites excluding steroid dienone is 2. The molecule has 0 aromatic carbocycles. The summed E-state index contributed by atoms with van der Waals surface area (Å²) in [6.45, 7) is 11.2. The van der Waals surface area contributed by atoms with Crippen LogP contribution < -0.4 is 0 Å². The lowest BCUT2D eigenvalue weighted by Gasteiger charge is -2.23. The van der Waals surface area contributed by atoms with Gasteiger partial charge in [-0.2, -0.15) is 0 Å². The van der Waals surface area contributed by atoms with Gasteiger partial charge in [0.15, 0.2) is 0 Å². The lowest BCUT2D eigenvalue weighted by Crippen LogP contribution is -2.13. The summed E-state index contributed by atoms with van der Waals surface area (Å²) in [5.41, 5.74) is 3.29. The molecule has 0 heterocycles. The molecule has 0 fully saturated rings. The molecule has 0 radical (unpaired) electrons. The summed E-state index contributed by atoms with van der Waals surface area (Å²) in [5.74, 6) is 0. The van der Waals surface area contributed by atoms with E-state index in [0.29, 0.717) is 5.41 Å². The second kappa shape index (κ2) is 3.97. The first-order chi connectivity index (χ1) is 5.24. The molecule has 0 aliphatic carbocycles. The standard InChI is InChI=1S/C11H23N/c1-9(8-11(3,4)5)10(2)12(6)7/h8H2,1-7H3. The molecule has 0 atom stereocenters. The van der Waals surface area contributed by atoms with Gasteiger partial charge in [0.25, 0.3) is 0 Å². The van der Waals surface area contributed by atoms with Gasteiger partial charge in [0, 0.05) is 19.8 Å². The Balaban J connectivity index is 4.38. The molecule has 0 aromatic rings. The SMILES string of the molecule is CC(CC(C)(C)C)=C(C)N(C)C. The zero-order chi connectivity index (χ0) is 9.94. The van der Waals surface area contributed by atoms with Crippen LogP contribution in [0.4, 0.5) is 0 Å². The van der Waals surface area contributed by atoms with Gasteiger partial charge in [-0.3, -0.25) is 0 Å². The van der Waals surface area contributed by atoms with Gasteiger partial charge in [-0.25, -0.2) is 0 Å². The lowest BCUT2D eigenvalue weighted by atomic mass is 9.88. The monoisotopic (exact) mass is 169 g/mol. The van der Waals surface area contributed by atoms with Crippen LogP contribution in [0, 0.1) is 5.41 Å². The van der Waals surface area contributed by atoms with E-state index in [9.17, 15) is 0 Å². The highest BCUT2D eigenvalue weighted by molar-refractivity contribution is 5.09. The number of rotatable bonds is 2. The lowest BCUT2D eigenvalue weighted by molar-refractivity contribution is 0.398. The van der Waals surface area contributed by atoms with Gasteiger partial charge in [-0.05, 0) is 25.7 Å². The van der Waals surface area contributed by atoms with Gasteiger partial charge in [0.05, 0.1) is 0 Å². The molecule has 0 aliphatic rings. The average Bonchev–Trinajstić information content (AvgIpc) is 1.82. The smallest absolute Gasteiger partial charge is 0.00851 e. The second-order valence-corrected chi connectivity index (χ2v) is 5.00. The normalized spacial score (nSPS) is 14.2. The highest BCUT2D eigenvalue weighted by atomic mass is 15.1. The maximum absolute atomic E-state index is 2.28. The van der Waals surface area contributed by atoms with E-state index in [2.05, 4.69) is 53.6 Å². The zero-order valence-electron chi connectivity index (χ0n) is 9.65. The molecule has 0 aliphatic heterocycles. The first kappa shape index (κ1) is 11.5. The Labute approximate surface area is 77.5 Å². The number of nitrogens with zero attached hydrogens (tertiary/aromatic N) is 1. The van der Waals surface area contributed by atoms with E-state index < -0.39 is 0 Å². The van der Waals surface area contributed by atoms with Gasteiger partial charge in [0.2, 0.25) is 0 Å². The molecular weight excluding hydrogens is 146 g/mol. The third-order valence-electron chi connectivity index (χ3n) is 2.08. The van der Waals surface area contributed by atoms with Crippen molar-refractivity contribution in [3.63, 3.8) is 0 Å². The van der Waals surface area contributed by atoms with Gasteiger partial charge in [-0.1, -0.05) is 26.3 Å². The summed E-state index contributed by atoms with van der Waals surface area (Å²) in [4.78, 5) is 2.18. The minimum atomic E-state index is 0.404. The molecule has 0 amide bonds. The molecule has 0 saturated heterocycles. The van der Waals surface area contributed by atoms with Crippen LogP contribution in [0.25, 0.3) is 0 Å². The van der Waals surface area contributed by atoms with Crippen molar-refractivity contribution in [1.82, 2.24) is 4.90 Å². The van der Waals surface area contributed by atoms with E-state index in [-0.39, 0.29) is 0 Å². The Morgan fingerprint density at radius 3 is 1.75 bits per heavy atom. The molecule has 0 spiro atoms. The largest absolute Gasteiger partial charge is 0.381 e. The molecule has 1 heteroatoms. The summed E-state index contributed by atoms with van der Waals surface area (Å²) < 4.78 is 0. The fourth-order valence-corrected chi connectivity index (χ4v) is 1.31. The van der Waals surface area contributed by atoms with Crippen molar-refractivity contribution in [2.24, 2.45) is 5.41 Å². The van der Waals surface area contributed by atoms with Crippen molar-refractivity contribution in [3.05, 3.63) is 11.3 Å². The quantitative estimate of drug-likeness (QED) is 0.613. The summed E-state index contributed by atoms with van der Waals surface area (Å²) in [7, 11) is 4.20. The summed E-state index contributed by atoms with van der Waals surface area (Å²) >= 11 is 0. The zero-order valence-corrected chi connectivity index (χ0v) is 9.65. The van der Waals surface area contributed by atoms with Gasteiger partial charge >= 0.3 is 0 Å². The third kappa shape index (κ3) is 4.42. The highest BCUT2D eigenvalue weighted by Gasteiger charge is 2.12. The van der Waals surface area contributed by atoms with Crippen molar-refractivity contribution in [2.75, 3.05) is 14.1 Å². The van der Waals surface area contributed by atoms with Crippen molar-refractivity contribution < 1.29 is 0 Å². The van der Waals surface area contributed by atoms with E-state index in [0.717, 1.165) is 0 Å². The minimum Gasteiger partial charge on any atom is -0.381 e. The molecule has 72 valence electrons. The average molecular weight is 169 g/mol.